The zero-order valence-electron chi connectivity index (χ0n) is 6.68. The zero-order chi connectivity index (χ0) is 9.52. The lowest BCUT2D eigenvalue weighted by atomic mass is 9.94. The first-order chi connectivity index (χ1) is 5.36. The van der Waals surface area contributed by atoms with Crippen molar-refractivity contribution in [1.29, 1.82) is 0 Å². The first-order valence-corrected chi connectivity index (χ1v) is 3.64. The van der Waals surface area contributed by atoms with Crippen LogP contribution in [0.25, 0.3) is 0 Å². The molecular formula is C5H16N6O. The van der Waals surface area contributed by atoms with Gasteiger partial charge in [0.05, 0.1) is 12.1 Å². The molecule has 4 atom stereocenters. The van der Waals surface area contributed by atoms with Crippen LogP contribution < -0.4 is 34.4 Å². The van der Waals surface area contributed by atoms with Gasteiger partial charge in [-0.3, -0.25) is 11.5 Å². The van der Waals surface area contributed by atoms with Gasteiger partial charge in [0, 0.05) is 6.04 Å². The molecule has 1 rings (SSSR count). The number of hydrogen-bond acceptors (Lipinski definition) is 7. The Kier molecular flexibility index (Phi) is 2.36. The molecule has 0 radical (unpaired) electrons. The van der Waals surface area contributed by atoms with Crippen molar-refractivity contribution in [2.75, 3.05) is 0 Å². The van der Waals surface area contributed by atoms with Crippen molar-refractivity contribution in [1.82, 2.24) is 0 Å². The van der Waals surface area contributed by atoms with Crippen molar-refractivity contribution in [2.45, 2.75) is 30.2 Å². The van der Waals surface area contributed by atoms with Gasteiger partial charge in [-0.1, -0.05) is 0 Å². The molecule has 0 saturated carbocycles. The average molecular weight is 176 g/mol. The fourth-order valence-electron chi connectivity index (χ4n) is 1.15. The third-order valence-electron chi connectivity index (χ3n) is 2.10. The summed E-state index contributed by atoms with van der Waals surface area (Å²) in [6.45, 7) is 0. The van der Waals surface area contributed by atoms with Crippen LogP contribution in [0.2, 0.25) is 0 Å². The molecule has 0 aromatic rings. The fourth-order valence-corrected chi connectivity index (χ4v) is 1.15. The first kappa shape index (κ1) is 9.81. The van der Waals surface area contributed by atoms with Crippen LogP contribution in [0.4, 0.5) is 0 Å². The van der Waals surface area contributed by atoms with Crippen molar-refractivity contribution in [3.05, 3.63) is 0 Å². The molecule has 1 saturated heterocycles. The van der Waals surface area contributed by atoms with E-state index in [0.717, 1.165) is 0 Å². The Labute approximate surface area is 70.3 Å². The van der Waals surface area contributed by atoms with Gasteiger partial charge in [0.25, 0.3) is 0 Å². The molecule has 0 aliphatic carbocycles. The second-order valence-corrected chi connectivity index (χ2v) is 3.12. The summed E-state index contributed by atoms with van der Waals surface area (Å²) < 4.78 is 4.97. The van der Waals surface area contributed by atoms with Crippen LogP contribution >= 0.6 is 0 Å². The van der Waals surface area contributed by atoms with Gasteiger partial charge in [-0.2, -0.15) is 0 Å². The summed E-state index contributed by atoms with van der Waals surface area (Å²) >= 11 is 0. The highest BCUT2D eigenvalue weighted by molar-refractivity contribution is 5.00. The minimum Gasteiger partial charge on any atom is -0.326 e. The molecule has 4 unspecified atom stereocenters. The van der Waals surface area contributed by atoms with E-state index >= 15 is 0 Å². The second-order valence-electron chi connectivity index (χ2n) is 3.12. The van der Waals surface area contributed by atoms with Gasteiger partial charge >= 0.3 is 0 Å². The predicted octanol–water partition coefficient (Wildman–Crippen LogP) is -4.15. The summed E-state index contributed by atoms with van der Waals surface area (Å²) in [5.74, 6) is -1.49. The molecule has 1 aliphatic heterocycles. The van der Waals surface area contributed by atoms with E-state index in [1.807, 2.05) is 0 Å². The van der Waals surface area contributed by atoms with Crippen molar-refractivity contribution in [3.63, 3.8) is 0 Å². The van der Waals surface area contributed by atoms with Crippen molar-refractivity contribution in [3.8, 4) is 0 Å². The highest BCUT2D eigenvalue weighted by Crippen LogP contribution is 2.15. The summed E-state index contributed by atoms with van der Waals surface area (Å²) in [5.41, 5.74) is 33.2. The summed E-state index contributed by atoms with van der Waals surface area (Å²) in [7, 11) is 0. The van der Waals surface area contributed by atoms with Crippen LogP contribution in [-0.4, -0.2) is 30.2 Å². The van der Waals surface area contributed by atoms with Gasteiger partial charge in [-0.25, -0.2) is 0 Å². The van der Waals surface area contributed by atoms with Crippen LogP contribution in [0.3, 0.4) is 0 Å². The molecule has 0 bridgehead atoms. The van der Waals surface area contributed by atoms with Crippen LogP contribution in [0.1, 0.15) is 0 Å². The molecule has 1 heterocycles. The van der Waals surface area contributed by atoms with E-state index < -0.39 is 30.2 Å². The standard InChI is InChI=1S/C5H16N6O/c6-1-2(7)4(9)12-5(10,11)3(1)8/h1-4H,6-11H2. The van der Waals surface area contributed by atoms with Crippen LogP contribution in [-0.2, 0) is 4.74 Å². The summed E-state index contributed by atoms with van der Waals surface area (Å²) in [6.07, 6.45) is -0.769. The van der Waals surface area contributed by atoms with Gasteiger partial charge < -0.3 is 27.7 Å². The molecule has 0 spiro atoms. The van der Waals surface area contributed by atoms with E-state index in [1.165, 1.54) is 0 Å². The van der Waals surface area contributed by atoms with Crippen molar-refractivity contribution < 1.29 is 4.74 Å². The number of nitrogens with two attached hydrogens (primary N) is 6. The van der Waals surface area contributed by atoms with Gasteiger partial charge in [-0.15, -0.1) is 0 Å². The monoisotopic (exact) mass is 176 g/mol. The molecule has 1 aliphatic rings. The van der Waals surface area contributed by atoms with Crippen LogP contribution in [0.5, 0.6) is 0 Å². The molecular weight excluding hydrogens is 160 g/mol. The van der Waals surface area contributed by atoms with E-state index in [-0.39, 0.29) is 0 Å². The van der Waals surface area contributed by atoms with Gasteiger partial charge in [0.2, 0.25) is 0 Å². The van der Waals surface area contributed by atoms with Gasteiger partial charge in [0.15, 0.2) is 5.85 Å². The third kappa shape index (κ3) is 1.43. The molecule has 7 heteroatoms. The lowest BCUT2D eigenvalue weighted by Gasteiger charge is -2.45. The van der Waals surface area contributed by atoms with E-state index in [0.29, 0.717) is 0 Å². The van der Waals surface area contributed by atoms with Crippen molar-refractivity contribution >= 4 is 0 Å². The summed E-state index contributed by atoms with van der Waals surface area (Å²) in [6, 6.07) is -1.81. The third-order valence-corrected chi connectivity index (χ3v) is 2.10. The van der Waals surface area contributed by atoms with Crippen LogP contribution in [0.15, 0.2) is 0 Å². The Morgan fingerprint density at radius 2 is 1.42 bits per heavy atom. The minimum atomic E-state index is -1.49. The smallest absolute Gasteiger partial charge is 0.188 e. The average Bonchev–Trinajstić information content (AvgIpc) is 1.97. The Morgan fingerprint density at radius 1 is 0.917 bits per heavy atom. The Morgan fingerprint density at radius 3 is 1.92 bits per heavy atom. The maximum absolute atomic E-state index is 5.62. The van der Waals surface area contributed by atoms with Crippen LogP contribution in [0, 0.1) is 0 Å². The Bertz CT molecular complexity index is 173. The predicted molar refractivity (Wildman–Crippen MR) is 44.1 cm³/mol. The van der Waals surface area contributed by atoms with E-state index in [9.17, 15) is 0 Å². The Hall–Kier alpha value is -0.280. The molecule has 12 N–H and O–H groups in total. The lowest BCUT2D eigenvalue weighted by molar-refractivity contribution is -0.145. The second kappa shape index (κ2) is 2.89. The fraction of sp³-hybridized carbons (Fsp3) is 1.00. The minimum absolute atomic E-state index is 0.541. The van der Waals surface area contributed by atoms with E-state index in [4.69, 9.17) is 39.1 Å². The maximum Gasteiger partial charge on any atom is 0.188 e. The molecule has 0 amide bonds. The number of rotatable bonds is 0. The Balaban J connectivity index is 2.78. The van der Waals surface area contributed by atoms with Gasteiger partial charge in [-0.05, 0) is 0 Å². The molecule has 1 fully saturated rings. The largest absolute Gasteiger partial charge is 0.326 e. The summed E-state index contributed by atoms with van der Waals surface area (Å²) in [4.78, 5) is 0. The highest BCUT2D eigenvalue weighted by atomic mass is 16.5. The van der Waals surface area contributed by atoms with Crippen molar-refractivity contribution in [2.24, 2.45) is 34.4 Å². The molecule has 12 heavy (non-hydrogen) atoms. The first-order valence-electron chi connectivity index (χ1n) is 3.64. The zero-order valence-corrected chi connectivity index (χ0v) is 6.68. The maximum atomic E-state index is 5.62. The number of ether oxygens (including phenoxy) is 1. The number of hydrogen-bond donors (Lipinski definition) is 6. The van der Waals surface area contributed by atoms with E-state index in [2.05, 4.69) is 0 Å². The summed E-state index contributed by atoms with van der Waals surface area (Å²) in [5, 5.41) is 0. The SMILES string of the molecule is NC1OC(N)(N)C(N)C(N)C1N. The molecule has 7 nitrogen and oxygen atoms in total. The van der Waals surface area contributed by atoms with E-state index in [1.54, 1.807) is 0 Å². The molecule has 0 aromatic carbocycles. The van der Waals surface area contributed by atoms with Gasteiger partial charge in [0.1, 0.15) is 6.23 Å². The topological polar surface area (TPSA) is 165 Å². The normalized spacial score (nSPS) is 47.5. The lowest BCUT2D eigenvalue weighted by Crippen LogP contribution is -2.80. The highest BCUT2D eigenvalue weighted by Gasteiger charge is 2.45. The molecule has 0 aromatic heterocycles. The quantitative estimate of drug-likeness (QED) is 0.204. The molecule has 72 valence electrons.